The molecular weight excluding hydrogens is 228 g/mol. The first kappa shape index (κ1) is 14.0. The molecular formula is C14H18N2O2. The molecule has 1 aromatic heterocycles. The molecule has 3 N–H and O–H groups in total. The number of aromatic nitrogens is 1. The zero-order valence-corrected chi connectivity index (χ0v) is 10.7. The lowest BCUT2D eigenvalue weighted by molar-refractivity contribution is 0.277. The number of nitrogens with zero attached hydrogens (tertiary/aromatic N) is 1. The van der Waals surface area contributed by atoms with Crippen LogP contribution in [-0.4, -0.2) is 17.2 Å². The maximum atomic E-state index is 9.02. The van der Waals surface area contributed by atoms with E-state index in [1.165, 1.54) is 0 Å². The molecule has 0 atom stereocenters. The first-order valence-corrected chi connectivity index (χ1v) is 5.52. The molecule has 0 bridgehead atoms. The van der Waals surface area contributed by atoms with Crippen molar-refractivity contribution in [1.29, 1.82) is 0 Å². The number of pyridine rings is 1. The van der Waals surface area contributed by atoms with Crippen LogP contribution in [0.3, 0.4) is 0 Å². The minimum absolute atomic E-state index is 0.111. The van der Waals surface area contributed by atoms with Gasteiger partial charge in [-0.1, -0.05) is 18.2 Å². The van der Waals surface area contributed by atoms with Crippen molar-refractivity contribution in [3.63, 3.8) is 0 Å². The fourth-order valence-electron chi connectivity index (χ4n) is 1.36. The average molecular weight is 246 g/mol. The summed E-state index contributed by atoms with van der Waals surface area (Å²) in [5, 5.41) is 9.02. The van der Waals surface area contributed by atoms with Gasteiger partial charge < -0.3 is 15.6 Å². The van der Waals surface area contributed by atoms with Gasteiger partial charge in [0, 0.05) is 6.08 Å². The summed E-state index contributed by atoms with van der Waals surface area (Å²) in [6.07, 6.45) is 3.46. The van der Waals surface area contributed by atoms with Gasteiger partial charge in [-0.2, -0.15) is 0 Å². The van der Waals surface area contributed by atoms with Crippen molar-refractivity contribution in [2.24, 2.45) is 5.73 Å². The van der Waals surface area contributed by atoms with E-state index in [1.54, 1.807) is 37.5 Å². The van der Waals surface area contributed by atoms with Gasteiger partial charge in [0.15, 0.2) is 0 Å². The van der Waals surface area contributed by atoms with Gasteiger partial charge in [0.1, 0.15) is 5.76 Å². The van der Waals surface area contributed by atoms with Gasteiger partial charge in [0.05, 0.1) is 30.8 Å². The third-order valence-electron chi connectivity index (χ3n) is 2.19. The van der Waals surface area contributed by atoms with Crippen LogP contribution in [0.25, 0.3) is 5.70 Å². The number of hydrogen-bond acceptors (Lipinski definition) is 4. The normalized spacial score (nSPS) is 12.4. The lowest BCUT2D eigenvalue weighted by atomic mass is 10.2. The van der Waals surface area contributed by atoms with Gasteiger partial charge in [-0.15, -0.1) is 0 Å². The molecule has 0 spiro atoms. The van der Waals surface area contributed by atoms with E-state index in [2.05, 4.69) is 11.6 Å². The monoisotopic (exact) mass is 246 g/mol. The highest BCUT2D eigenvalue weighted by Gasteiger charge is 2.02. The van der Waals surface area contributed by atoms with Crippen molar-refractivity contribution >= 4 is 5.70 Å². The maximum Gasteiger partial charge on any atom is 0.121 e. The molecule has 1 aromatic rings. The molecule has 1 heterocycles. The number of ether oxygens (including phenoxy) is 1. The lowest BCUT2D eigenvalue weighted by Crippen LogP contribution is -2.02. The van der Waals surface area contributed by atoms with E-state index in [9.17, 15) is 0 Å². The number of hydrogen-bond donors (Lipinski definition) is 2. The van der Waals surface area contributed by atoms with Gasteiger partial charge in [0.25, 0.3) is 0 Å². The highest BCUT2D eigenvalue weighted by Crippen LogP contribution is 2.12. The summed E-state index contributed by atoms with van der Waals surface area (Å²) in [5.41, 5.74) is 8.46. The Bertz CT molecular complexity index is 490. The number of aliphatic hydroxyl groups excluding tert-OH is 1. The van der Waals surface area contributed by atoms with Crippen molar-refractivity contribution < 1.29 is 9.84 Å². The minimum atomic E-state index is -0.111. The van der Waals surface area contributed by atoms with E-state index in [0.717, 1.165) is 5.57 Å². The molecule has 0 unspecified atom stereocenters. The zero-order chi connectivity index (χ0) is 13.5. The van der Waals surface area contributed by atoms with Crippen LogP contribution in [0.15, 0.2) is 48.3 Å². The zero-order valence-electron chi connectivity index (χ0n) is 10.7. The molecule has 0 aliphatic rings. The molecule has 4 nitrogen and oxygen atoms in total. The van der Waals surface area contributed by atoms with Crippen LogP contribution in [0, 0.1) is 0 Å². The molecule has 0 radical (unpaired) electrons. The van der Waals surface area contributed by atoms with Crippen molar-refractivity contribution in [3.05, 3.63) is 59.7 Å². The SMILES string of the molecule is C=C(C)/C=C(\C=C(/N)c1cccc(CO)n1)OC. The number of rotatable bonds is 5. The second kappa shape index (κ2) is 6.61. The van der Waals surface area contributed by atoms with E-state index >= 15 is 0 Å². The predicted molar refractivity (Wildman–Crippen MR) is 72.2 cm³/mol. The molecule has 4 heteroatoms. The highest BCUT2D eigenvalue weighted by atomic mass is 16.5. The summed E-state index contributed by atoms with van der Waals surface area (Å²) in [5.74, 6) is 0.608. The summed E-state index contributed by atoms with van der Waals surface area (Å²) in [4.78, 5) is 4.21. The van der Waals surface area contributed by atoms with Crippen molar-refractivity contribution in [2.75, 3.05) is 7.11 Å². The first-order chi connectivity index (χ1) is 8.56. The number of nitrogens with two attached hydrogens (primary N) is 1. The van der Waals surface area contributed by atoms with Crippen LogP contribution in [0.4, 0.5) is 0 Å². The van der Waals surface area contributed by atoms with Gasteiger partial charge in [-0.3, -0.25) is 0 Å². The van der Waals surface area contributed by atoms with E-state index < -0.39 is 0 Å². The molecule has 96 valence electrons. The first-order valence-electron chi connectivity index (χ1n) is 5.52. The fourth-order valence-corrected chi connectivity index (χ4v) is 1.36. The Morgan fingerprint density at radius 2 is 2.22 bits per heavy atom. The smallest absolute Gasteiger partial charge is 0.121 e. The molecule has 0 fully saturated rings. The maximum absolute atomic E-state index is 9.02. The second-order valence-corrected chi connectivity index (χ2v) is 3.87. The molecule has 0 aliphatic heterocycles. The lowest BCUT2D eigenvalue weighted by Gasteiger charge is -2.05. The van der Waals surface area contributed by atoms with Crippen LogP contribution in [0.1, 0.15) is 18.3 Å². The predicted octanol–water partition coefficient (Wildman–Crippen LogP) is 1.98. The summed E-state index contributed by atoms with van der Waals surface area (Å²) < 4.78 is 5.18. The van der Waals surface area contributed by atoms with Gasteiger partial charge in [-0.05, 0) is 25.1 Å². The summed E-state index contributed by atoms with van der Waals surface area (Å²) in [6, 6.07) is 5.31. The Hall–Kier alpha value is -2.07. The van der Waals surface area contributed by atoms with Gasteiger partial charge in [-0.25, -0.2) is 4.98 Å². The molecule has 0 amide bonds. The van der Waals surface area contributed by atoms with Gasteiger partial charge >= 0.3 is 0 Å². The molecule has 0 saturated carbocycles. The minimum Gasteiger partial charge on any atom is -0.497 e. The molecule has 1 rings (SSSR count). The third-order valence-corrected chi connectivity index (χ3v) is 2.19. The molecule has 0 saturated heterocycles. The van der Waals surface area contributed by atoms with Crippen LogP contribution in [0.2, 0.25) is 0 Å². The Morgan fingerprint density at radius 1 is 1.50 bits per heavy atom. The number of allylic oxidation sites excluding steroid dienone is 3. The summed E-state index contributed by atoms with van der Waals surface area (Å²) >= 11 is 0. The molecule has 18 heavy (non-hydrogen) atoms. The van der Waals surface area contributed by atoms with Crippen LogP contribution < -0.4 is 5.73 Å². The van der Waals surface area contributed by atoms with E-state index in [4.69, 9.17) is 15.6 Å². The standard InChI is InChI=1S/C14H18N2O2/c1-10(2)7-12(18-3)8-13(15)14-6-4-5-11(9-17)16-14/h4-8,17H,1,9,15H2,2-3H3/b12-7+,13-8-. The van der Waals surface area contributed by atoms with Crippen molar-refractivity contribution in [3.8, 4) is 0 Å². The summed E-state index contributed by atoms with van der Waals surface area (Å²) in [6.45, 7) is 5.53. The van der Waals surface area contributed by atoms with Crippen LogP contribution in [0.5, 0.6) is 0 Å². The molecule has 0 aromatic carbocycles. The summed E-state index contributed by atoms with van der Waals surface area (Å²) in [7, 11) is 1.57. The fraction of sp³-hybridized carbons (Fsp3) is 0.214. The highest BCUT2D eigenvalue weighted by molar-refractivity contribution is 5.62. The Labute approximate surface area is 107 Å². The van der Waals surface area contributed by atoms with Crippen LogP contribution in [-0.2, 0) is 11.3 Å². The Kier molecular flexibility index (Phi) is 5.14. The second-order valence-electron chi connectivity index (χ2n) is 3.87. The largest absolute Gasteiger partial charge is 0.497 e. The Balaban J connectivity index is 3.04. The van der Waals surface area contributed by atoms with E-state index in [0.29, 0.717) is 22.8 Å². The topological polar surface area (TPSA) is 68.4 Å². The third kappa shape index (κ3) is 4.07. The van der Waals surface area contributed by atoms with Gasteiger partial charge in [0.2, 0.25) is 0 Å². The van der Waals surface area contributed by atoms with Crippen molar-refractivity contribution in [2.45, 2.75) is 13.5 Å². The number of aliphatic hydroxyl groups is 1. The van der Waals surface area contributed by atoms with E-state index in [1.807, 2.05) is 6.92 Å². The Morgan fingerprint density at radius 3 is 2.78 bits per heavy atom. The molecule has 0 aliphatic carbocycles. The number of methoxy groups -OCH3 is 1. The van der Waals surface area contributed by atoms with E-state index in [-0.39, 0.29) is 6.61 Å². The van der Waals surface area contributed by atoms with Crippen molar-refractivity contribution in [1.82, 2.24) is 4.98 Å². The quantitative estimate of drug-likeness (QED) is 0.615. The van der Waals surface area contributed by atoms with Crippen LogP contribution >= 0.6 is 0 Å². The average Bonchev–Trinajstić information content (AvgIpc) is 2.37.